The maximum atomic E-state index is 10.9. The van der Waals surface area contributed by atoms with Crippen LogP contribution in [0.25, 0.3) is 0 Å². The van der Waals surface area contributed by atoms with Crippen LogP contribution >= 0.6 is 11.6 Å². The summed E-state index contributed by atoms with van der Waals surface area (Å²) in [5.41, 5.74) is 1.15. The van der Waals surface area contributed by atoms with Crippen molar-refractivity contribution in [2.24, 2.45) is 0 Å². The predicted molar refractivity (Wildman–Crippen MR) is 88.2 cm³/mol. The van der Waals surface area contributed by atoms with Gasteiger partial charge in [0.1, 0.15) is 6.20 Å². The molecule has 2 rings (SSSR count). The Morgan fingerprint density at radius 3 is 2.48 bits per heavy atom. The Balaban J connectivity index is 0.00000127. The highest BCUT2D eigenvalue weighted by atomic mass is 35.5. The first-order chi connectivity index (χ1) is 11.0. The molecule has 0 aliphatic rings. The third-order valence-corrected chi connectivity index (χ3v) is 3.01. The Bertz CT molecular complexity index is 713. The molecule has 23 heavy (non-hydrogen) atoms. The highest BCUT2D eigenvalue weighted by Crippen LogP contribution is 2.26. The van der Waals surface area contributed by atoms with Gasteiger partial charge in [-0.05, 0) is 36.2 Å². The average molecular weight is 334 g/mol. The van der Waals surface area contributed by atoms with Gasteiger partial charge < -0.3 is 5.32 Å². The highest BCUT2D eigenvalue weighted by molar-refractivity contribution is 6.28. The molecule has 1 unspecified atom stereocenters. The van der Waals surface area contributed by atoms with Crippen molar-refractivity contribution < 1.29 is 4.92 Å². The lowest BCUT2D eigenvalue weighted by atomic mass is 10.1. The Morgan fingerprint density at radius 2 is 1.96 bits per heavy atom. The maximum Gasteiger partial charge on any atom is 0.329 e. The van der Waals surface area contributed by atoms with Crippen LogP contribution in [0.15, 0.2) is 30.5 Å². The first-order valence-corrected chi connectivity index (χ1v) is 7.32. The minimum absolute atomic E-state index is 0.0526. The monoisotopic (exact) mass is 333 g/mol. The second kappa shape index (κ2) is 8.66. The SMILES string of the molecule is CC.CC(Nc1nc(Cl)ncc1[N+](=O)[O-])c1ccc(C#N)cc1. The zero-order valence-electron chi connectivity index (χ0n) is 12.9. The smallest absolute Gasteiger partial charge is 0.329 e. The molecule has 0 saturated carbocycles. The zero-order valence-corrected chi connectivity index (χ0v) is 13.7. The molecule has 0 radical (unpaired) electrons. The number of nitrogens with one attached hydrogen (secondary N) is 1. The van der Waals surface area contributed by atoms with E-state index in [9.17, 15) is 10.1 Å². The number of anilines is 1. The first kappa shape index (κ1) is 18.3. The fourth-order valence-corrected chi connectivity index (χ4v) is 1.86. The van der Waals surface area contributed by atoms with Crippen LogP contribution < -0.4 is 5.32 Å². The molecule has 1 N–H and O–H groups in total. The van der Waals surface area contributed by atoms with Crippen LogP contribution in [0.3, 0.4) is 0 Å². The molecule has 0 aliphatic heterocycles. The molecule has 0 amide bonds. The van der Waals surface area contributed by atoms with Gasteiger partial charge in [0.25, 0.3) is 0 Å². The van der Waals surface area contributed by atoms with E-state index in [1.54, 1.807) is 24.3 Å². The summed E-state index contributed by atoms with van der Waals surface area (Å²) in [7, 11) is 0. The van der Waals surface area contributed by atoms with E-state index in [1.165, 1.54) is 0 Å². The minimum Gasteiger partial charge on any atom is -0.358 e. The van der Waals surface area contributed by atoms with Gasteiger partial charge in [-0.3, -0.25) is 10.1 Å². The van der Waals surface area contributed by atoms with E-state index in [1.807, 2.05) is 26.8 Å². The van der Waals surface area contributed by atoms with Gasteiger partial charge in [0.2, 0.25) is 11.1 Å². The number of hydrogen-bond acceptors (Lipinski definition) is 6. The summed E-state index contributed by atoms with van der Waals surface area (Å²) in [5.74, 6) is 0.0526. The lowest BCUT2D eigenvalue weighted by Crippen LogP contribution is -2.10. The van der Waals surface area contributed by atoms with Crippen LogP contribution in [-0.2, 0) is 0 Å². The number of rotatable bonds is 4. The molecule has 1 aromatic carbocycles. The van der Waals surface area contributed by atoms with Crippen LogP contribution in [0.2, 0.25) is 5.28 Å². The number of benzene rings is 1. The normalized spacial score (nSPS) is 10.7. The van der Waals surface area contributed by atoms with Gasteiger partial charge >= 0.3 is 5.69 Å². The Hall–Kier alpha value is -2.72. The molecule has 0 fully saturated rings. The lowest BCUT2D eigenvalue weighted by Gasteiger charge is -2.14. The molecule has 0 aliphatic carbocycles. The predicted octanol–water partition coefficient (Wildman–Crippen LogP) is 4.11. The van der Waals surface area contributed by atoms with Crippen LogP contribution in [-0.4, -0.2) is 14.9 Å². The quantitative estimate of drug-likeness (QED) is 0.513. The number of nitro groups is 1. The van der Waals surface area contributed by atoms with E-state index < -0.39 is 4.92 Å². The van der Waals surface area contributed by atoms with E-state index in [2.05, 4.69) is 15.3 Å². The minimum atomic E-state index is -0.579. The third kappa shape index (κ3) is 4.90. The molecule has 2 aromatic rings. The van der Waals surface area contributed by atoms with Crippen molar-refractivity contribution in [1.29, 1.82) is 5.26 Å². The molecular formula is C15H16ClN5O2. The third-order valence-electron chi connectivity index (χ3n) is 2.83. The average Bonchev–Trinajstić information content (AvgIpc) is 2.56. The van der Waals surface area contributed by atoms with E-state index in [0.717, 1.165) is 11.8 Å². The van der Waals surface area contributed by atoms with Crippen molar-refractivity contribution >= 4 is 23.1 Å². The Morgan fingerprint density at radius 1 is 1.35 bits per heavy atom. The van der Waals surface area contributed by atoms with Crippen molar-refractivity contribution in [2.75, 3.05) is 5.32 Å². The van der Waals surface area contributed by atoms with Crippen molar-refractivity contribution in [3.05, 3.63) is 57.0 Å². The molecule has 1 aromatic heterocycles. The van der Waals surface area contributed by atoms with Gasteiger partial charge in [0.05, 0.1) is 22.6 Å². The molecule has 0 bridgehead atoms. The van der Waals surface area contributed by atoms with E-state index in [4.69, 9.17) is 16.9 Å². The number of nitriles is 1. The number of nitrogens with zero attached hydrogens (tertiary/aromatic N) is 4. The molecular weight excluding hydrogens is 318 g/mol. The standard InChI is InChI=1S/C13H10ClN5O2.C2H6/c1-8(10-4-2-9(6-15)3-5-10)17-12-11(19(20)21)7-16-13(14)18-12;1-2/h2-5,7-8H,1H3,(H,16,17,18);1-2H3. The van der Waals surface area contributed by atoms with E-state index in [0.29, 0.717) is 5.56 Å². The van der Waals surface area contributed by atoms with Gasteiger partial charge in [0, 0.05) is 0 Å². The first-order valence-electron chi connectivity index (χ1n) is 6.95. The zero-order chi connectivity index (χ0) is 17.4. The molecule has 1 atom stereocenters. The Labute approximate surface area is 139 Å². The number of aromatic nitrogens is 2. The molecule has 0 saturated heterocycles. The summed E-state index contributed by atoms with van der Waals surface area (Å²) >= 11 is 5.67. The highest BCUT2D eigenvalue weighted by Gasteiger charge is 2.19. The Kier molecular flexibility index (Phi) is 6.90. The fraction of sp³-hybridized carbons (Fsp3) is 0.267. The maximum absolute atomic E-state index is 10.9. The van der Waals surface area contributed by atoms with E-state index >= 15 is 0 Å². The van der Waals surface area contributed by atoms with Crippen LogP contribution in [0.5, 0.6) is 0 Å². The van der Waals surface area contributed by atoms with Gasteiger partial charge in [0.15, 0.2) is 0 Å². The number of halogens is 1. The van der Waals surface area contributed by atoms with Crippen LogP contribution in [0.1, 0.15) is 37.9 Å². The second-order valence-electron chi connectivity index (χ2n) is 4.23. The summed E-state index contributed by atoms with van der Waals surface area (Å²) in [6, 6.07) is 8.67. The van der Waals surface area contributed by atoms with Gasteiger partial charge in [-0.2, -0.15) is 10.2 Å². The van der Waals surface area contributed by atoms with Crippen molar-refractivity contribution in [1.82, 2.24) is 9.97 Å². The molecule has 120 valence electrons. The second-order valence-corrected chi connectivity index (χ2v) is 4.57. The summed E-state index contributed by atoms with van der Waals surface area (Å²) in [6.45, 7) is 5.82. The lowest BCUT2D eigenvalue weighted by molar-refractivity contribution is -0.384. The van der Waals surface area contributed by atoms with Crippen LogP contribution in [0, 0.1) is 21.4 Å². The van der Waals surface area contributed by atoms with Gasteiger partial charge in [-0.25, -0.2) is 4.98 Å². The molecule has 0 spiro atoms. The summed E-state index contributed by atoms with van der Waals surface area (Å²) in [5, 5.41) is 22.6. The molecule has 1 heterocycles. The largest absolute Gasteiger partial charge is 0.358 e. The van der Waals surface area contributed by atoms with Crippen molar-refractivity contribution in [3.63, 3.8) is 0 Å². The van der Waals surface area contributed by atoms with Gasteiger partial charge in [-0.15, -0.1) is 0 Å². The van der Waals surface area contributed by atoms with E-state index in [-0.39, 0.29) is 22.8 Å². The molecule has 8 heteroatoms. The van der Waals surface area contributed by atoms with Crippen molar-refractivity contribution in [3.8, 4) is 6.07 Å². The molecule has 7 nitrogen and oxygen atoms in total. The van der Waals surface area contributed by atoms with Crippen molar-refractivity contribution in [2.45, 2.75) is 26.8 Å². The summed E-state index contributed by atoms with van der Waals surface area (Å²) in [6.07, 6.45) is 1.06. The van der Waals surface area contributed by atoms with Gasteiger partial charge in [-0.1, -0.05) is 26.0 Å². The summed E-state index contributed by atoms with van der Waals surface area (Å²) in [4.78, 5) is 17.8. The number of hydrogen-bond donors (Lipinski definition) is 1. The fourth-order valence-electron chi connectivity index (χ4n) is 1.73. The van der Waals surface area contributed by atoms with Crippen LogP contribution in [0.4, 0.5) is 11.5 Å². The topological polar surface area (TPSA) is 105 Å². The summed E-state index contributed by atoms with van der Waals surface area (Å²) < 4.78 is 0.